The van der Waals surface area contributed by atoms with Crippen LogP contribution in [0.5, 0.6) is 0 Å². The SMILES string of the molecule is CCC1CCCC(C2(O)CCC(C(C)(C)CC)CC2)C1. The lowest BCUT2D eigenvalue weighted by Gasteiger charge is -2.47. The minimum absolute atomic E-state index is 0.325. The second-order valence-corrected chi connectivity index (χ2v) is 8.36. The van der Waals surface area contributed by atoms with Crippen LogP contribution in [0.4, 0.5) is 0 Å². The normalized spacial score (nSPS) is 39.8. The molecule has 0 spiro atoms. The summed E-state index contributed by atoms with van der Waals surface area (Å²) in [6, 6.07) is 0. The van der Waals surface area contributed by atoms with Gasteiger partial charge in [0.15, 0.2) is 0 Å². The van der Waals surface area contributed by atoms with E-state index in [1.165, 1.54) is 51.4 Å². The van der Waals surface area contributed by atoms with Crippen LogP contribution in [0.15, 0.2) is 0 Å². The van der Waals surface area contributed by atoms with Crippen LogP contribution in [0.2, 0.25) is 0 Å². The van der Waals surface area contributed by atoms with Crippen molar-refractivity contribution in [3.63, 3.8) is 0 Å². The second kappa shape index (κ2) is 6.38. The van der Waals surface area contributed by atoms with Crippen molar-refractivity contribution in [2.45, 2.75) is 97.5 Å². The third kappa shape index (κ3) is 3.40. The van der Waals surface area contributed by atoms with Gasteiger partial charge in [-0.05, 0) is 61.7 Å². The Balaban J connectivity index is 1.94. The highest BCUT2D eigenvalue weighted by molar-refractivity contribution is 4.95. The Bertz CT molecular complexity index is 299. The summed E-state index contributed by atoms with van der Waals surface area (Å²) in [6.45, 7) is 9.46. The molecule has 2 rings (SSSR count). The number of hydrogen-bond donors (Lipinski definition) is 1. The van der Waals surface area contributed by atoms with Crippen molar-refractivity contribution in [1.82, 2.24) is 0 Å². The maximum Gasteiger partial charge on any atom is 0.0676 e. The van der Waals surface area contributed by atoms with E-state index in [0.717, 1.165) is 24.7 Å². The van der Waals surface area contributed by atoms with Crippen molar-refractivity contribution in [3.05, 3.63) is 0 Å². The van der Waals surface area contributed by atoms with Gasteiger partial charge in [0.05, 0.1) is 5.60 Å². The Labute approximate surface area is 126 Å². The first-order valence-corrected chi connectivity index (χ1v) is 9.13. The van der Waals surface area contributed by atoms with E-state index in [1.54, 1.807) is 0 Å². The van der Waals surface area contributed by atoms with Crippen molar-refractivity contribution < 1.29 is 5.11 Å². The van der Waals surface area contributed by atoms with E-state index >= 15 is 0 Å². The molecule has 1 nitrogen and oxygen atoms in total. The van der Waals surface area contributed by atoms with Crippen molar-refractivity contribution in [3.8, 4) is 0 Å². The Morgan fingerprint density at radius 1 is 1.05 bits per heavy atom. The zero-order valence-corrected chi connectivity index (χ0v) is 14.3. The highest BCUT2D eigenvalue weighted by Crippen LogP contribution is 2.49. The fourth-order valence-corrected chi connectivity index (χ4v) is 4.75. The molecule has 0 aromatic carbocycles. The van der Waals surface area contributed by atoms with E-state index < -0.39 is 0 Å². The third-order valence-corrected chi connectivity index (χ3v) is 6.99. The summed E-state index contributed by atoms with van der Waals surface area (Å²) in [6.07, 6.45) is 12.5. The Kier molecular flexibility index (Phi) is 5.21. The molecule has 2 aliphatic rings. The van der Waals surface area contributed by atoms with Gasteiger partial charge >= 0.3 is 0 Å². The molecular weight excluding hydrogens is 244 g/mol. The topological polar surface area (TPSA) is 20.2 Å². The largest absolute Gasteiger partial charge is 0.390 e. The fourth-order valence-electron chi connectivity index (χ4n) is 4.75. The molecule has 0 aromatic rings. The quantitative estimate of drug-likeness (QED) is 0.714. The Hall–Kier alpha value is -0.0400. The molecule has 0 radical (unpaired) electrons. The highest BCUT2D eigenvalue weighted by atomic mass is 16.3. The molecule has 1 N–H and O–H groups in total. The maximum atomic E-state index is 11.2. The fraction of sp³-hybridized carbons (Fsp3) is 1.00. The molecule has 0 heterocycles. The lowest BCUT2D eigenvalue weighted by atomic mass is 9.61. The highest BCUT2D eigenvalue weighted by Gasteiger charge is 2.44. The van der Waals surface area contributed by atoms with E-state index in [4.69, 9.17) is 0 Å². The predicted molar refractivity (Wildman–Crippen MR) is 86.7 cm³/mol. The van der Waals surface area contributed by atoms with Crippen LogP contribution in [-0.2, 0) is 0 Å². The van der Waals surface area contributed by atoms with Crippen molar-refractivity contribution in [1.29, 1.82) is 0 Å². The molecule has 2 saturated carbocycles. The van der Waals surface area contributed by atoms with E-state index in [0.29, 0.717) is 11.3 Å². The molecule has 118 valence electrons. The average molecular weight is 280 g/mol. The molecule has 0 amide bonds. The molecule has 2 aliphatic carbocycles. The monoisotopic (exact) mass is 280 g/mol. The first-order valence-electron chi connectivity index (χ1n) is 9.13. The Morgan fingerprint density at radius 3 is 2.25 bits per heavy atom. The van der Waals surface area contributed by atoms with Crippen LogP contribution in [-0.4, -0.2) is 10.7 Å². The minimum atomic E-state index is -0.325. The van der Waals surface area contributed by atoms with E-state index in [1.807, 2.05) is 0 Å². The molecule has 0 aliphatic heterocycles. The zero-order chi connectivity index (χ0) is 14.8. The second-order valence-electron chi connectivity index (χ2n) is 8.36. The number of aliphatic hydroxyl groups is 1. The van der Waals surface area contributed by atoms with Gasteiger partial charge in [-0.3, -0.25) is 0 Å². The molecule has 0 aromatic heterocycles. The summed E-state index contributed by atoms with van der Waals surface area (Å²) >= 11 is 0. The van der Waals surface area contributed by atoms with Gasteiger partial charge in [0.25, 0.3) is 0 Å². The molecule has 20 heavy (non-hydrogen) atoms. The van der Waals surface area contributed by atoms with Crippen LogP contribution >= 0.6 is 0 Å². The van der Waals surface area contributed by atoms with Crippen LogP contribution < -0.4 is 0 Å². The van der Waals surface area contributed by atoms with Crippen molar-refractivity contribution >= 4 is 0 Å². The standard InChI is InChI=1S/C19H36O/c1-5-15-8-7-9-17(14-15)19(20)12-10-16(11-13-19)18(3,4)6-2/h15-17,20H,5-14H2,1-4H3. The summed E-state index contributed by atoms with van der Waals surface area (Å²) in [7, 11) is 0. The molecule has 0 bridgehead atoms. The minimum Gasteiger partial charge on any atom is -0.390 e. The van der Waals surface area contributed by atoms with Crippen molar-refractivity contribution in [2.75, 3.05) is 0 Å². The van der Waals surface area contributed by atoms with Gasteiger partial charge in [-0.25, -0.2) is 0 Å². The first kappa shape index (κ1) is 16.3. The first-order chi connectivity index (χ1) is 9.41. The third-order valence-electron chi connectivity index (χ3n) is 6.99. The molecular formula is C19H36O. The zero-order valence-electron chi connectivity index (χ0n) is 14.3. The van der Waals surface area contributed by atoms with Crippen LogP contribution in [0.1, 0.15) is 91.9 Å². The van der Waals surface area contributed by atoms with E-state index in [9.17, 15) is 5.11 Å². The molecule has 0 saturated heterocycles. The number of hydrogen-bond acceptors (Lipinski definition) is 1. The maximum absolute atomic E-state index is 11.2. The van der Waals surface area contributed by atoms with Crippen molar-refractivity contribution in [2.24, 2.45) is 23.2 Å². The molecule has 2 fully saturated rings. The lowest BCUT2D eigenvalue weighted by Crippen LogP contribution is -2.45. The van der Waals surface area contributed by atoms with Gasteiger partial charge in [-0.15, -0.1) is 0 Å². The summed E-state index contributed by atoms with van der Waals surface area (Å²) in [4.78, 5) is 0. The number of rotatable bonds is 4. The lowest BCUT2D eigenvalue weighted by molar-refractivity contribution is -0.0873. The van der Waals surface area contributed by atoms with E-state index in [2.05, 4.69) is 27.7 Å². The summed E-state index contributed by atoms with van der Waals surface area (Å²) in [5.74, 6) is 2.29. The van der Waals surface area contributed by atoms with Crippen LogP contribution in [0, 0.1) is 23.2 Å². The molecule has 2 unspecified atom stereocenters. The van der Waals surface area contributed by atoms with Crippen LogP contribution in [0.3, 0.4) is 0 Å². The summed E-state index contributed by atoms with van der Waals surface area (Å²) < 4.78 is 0. The Morgan fingerprint density at radius 2 is 1.70 bits per heavy atom. The predicted octanol–water partition coefficient (Wildman–Crippen LogP) is 5.56. The average Bonchev–Trinajstić information content (AvgIpc) is 2.48. The van der Waals surface area contributed by atoms with Gasteiger partial charge in [0.1, 0.15) is 0 Å². The van der Waals surface area contributed by atoms with E-state index in [-0.39, 0.29) is 5.60 Å². The molecule has 2 atom stereocenters. The summed E-state index contributed by atoms with van der Waals surface area (Å²) in [5.41, 5.74) is 0.133. The molecule has 1 heteroatoms. The summed E-state index contributed by atoms with van der Waals surface area (Å²) in [5, 5.41) is 11.2. The van der Waals surface area contributed by atoms with Gasteiger partial charge in [-0.2, -0.15) is 0 Å². The van der Waals surface area contributed by atoms with Gasteiger partial charge in [0.2, 0.25) is 0 Å². The van der Waals surface area contributed by atoms with Crippen LogP contribution in [0.25, 0.3) is 0 Å². The van der Waals surface area contributed by atoms with Gasteiger partial charge < -0.3 is 5.11 Å². The smallest absolute Gasteiger partial charge is 0.0676 e. The van der Waals surface area contributed by atoms with Gasteiger partial charge in [0, 0.05) is 0 Å². The van der Waals surface area contributed by atoms with Gasteiger partial charge in [-0.1, -0.05) is 53.4 Å².